The van der Waals surface area contributed by atoms with Gasteiger partial charge in [0.05, 0.1) is 5.56 Å². The van der Waals surface area contributed by atoms with E-state index in [2.05, 4.69) is 0 Å². The Morgan fingerprint density at radius 2 is 1.56 bits per heavy atom. The molecule has 3 heteroatoms. The monoisotopic (exact) mass is 357 g/mol. The molecule has 27 heavy (non-hydrogen) atoms. The molecule has 0 aromatic heterocycles. The smallest absolute Gasteiger partial charge is 0.189 e. The van der Waals surface area contributed by atoms with Crippen LogP contribution in [0.25, 0.3) is 6.08 Å². The van der Waals surface area contributed by atoms with Crippen LogP contribution in [-0.4, -0.2) is 19.9 Å². The second kappa shape index (κ2) is 8.86. The third-order valence-corrected chi connectivity index (χ3v) is 4.23. The summed E-state index contributed by atoms with van der Waals surface area (Å²) in [4.78, 5) is 14.7. The lowest BCUT2D eigenvalue weighted by Crippen LogP contribution is -2.07. The summed E-state index contributed by atoms with van der Waals surface area (Å²) in [6.07, 6.45) is 3.42. The molecular weight excluding hydrogens is 334 g/mol. The summed E-state index contributed by atoms with van der Waals surface area (Å²) < 4.78 is 5.88. The average molecular weight is 357 g/mol. The number of para-hydroxylation sites is 1. The van der Waals surface area contributed by atoms with E-state index in [0.717, 1.165) is 16.8 Å². The van der Waals surface area contributed by atoms with Gasteiger partial charge in [-0.3, -0.25) is 4.79 Å². The fourth-order valence-electron chi connectivity index (χ4n) is 2.68. The first-order valence-corrected chi connectivity index (χ1v) is 8.89. The molecule has 0 aliphatic heterocycles. The van der Waals surface area contributed by atoms with Crippen LogP contribution in [0.3, 0.4) is 0 Å². The zero-order chi connectivity index (χ0) is 19.1. The third kappa shape index (κ3) is 5.08. The molecule has 0 atom stereocenters. The lowest BCUT2D eigenvalue weighted by molar-refractivity contribution is 0.104. The summed E-state index contributed by atoms with van der Waals surface area (Å²) >= 11 is 0. The van der Waals surface area contributed by atoms with Crippen LogP contribution < -0.4 is 9.64 Å². The van der Waals surface area contributed by atoms with Gasteiger partial charge in [-0.25, -0.2) is 0 Å². The molecule has 0 spiro atoms. The fraction of sp³-hybridized carbons (Fsp3) is 0.125. The number of allylic oxidation sites excluding steroid dienone is 1. The second-order valence-corrected chi connectivity index (χ2v) is 6.45. The highest BCUT2D eigenvalue weighted by Crippen LogP contribution is 2.21. The number of nitrogens with zero attached hydrogens (tertiary/aromatic N) is 1. The lowest BCUT2D eigenvalue weighted by Gasteiger charge is -2.11. The molecule has 136 valence electrons. The largest absolute Gasteiger partial charge is 0.488 e. The highest BCUT2D eigenvalue weighted by molar-refractivity contribution is 6.08. The molecule has 3 nitrogen and oxygen atoms in total. The Kier molecular flexibility index (Phi) is 6.06. The van der Waals surface area contributed by atoms with Gasteiger partial charge in [-0.15, -0.1) is 0 Å². The predicted molar refractivity (Wildman–Crippen MR) is 111 cm³/mol. The van der Waals surface area contributed by atoms with Crippen LogP contribution in [0.1, 0.15) is 21.5 Å². The zero-order valence-corrected chi connectivity index (χ0v) is 15.6. The van der Waals surface area contributed by atoms with E-state index >= 15 is 0 Å². The minimum Gasteiger partial charge on any atom is -0.488 e. The lowest BCUT2D eigenvalue weighted by atomic mass is 10.1. The van der Waals surface area contributed by atoms with Crippen molar-refractivity contribution < 1.29 is 9.53 Å². The van der Waals surface area contributed by atoms with Crippen LogP contribution in [0.2, 0.25) is 0 Å². The molecule has 0 N–H and O–H groups in total. The number of benzene rings is 3. The van der Waals surface area contributed by atoms with Gasteiger partial charge in [0.25, 0.3) is 0 Å². The molecule has 0 fully saturated rings. The SMILES string of the molecule is CN(C)c1ccc(/C=C\C(=O)c2ccccc2OCc2ccccc2)cc1. The van der Waals surface area contributed by atoms with Gasteiger partial charge in [-0.1, -0.05) is 60.7 Å². The molecule has 0 amide bonds. The number of carbonyl (C=O) groups excluding carboxylic acids is 1. The maximum Gasteiger partial charge on any atom is 0.189 e. The maximum atomic E-state index is 12.7. The van der Waals surface area contributed by atoms with Crippen molar-refractivity contribution in [3.8, 4) is 5.75 Å². The van der Waals surface area contributed by atoms with Gasteiger partial charge in [0.15, 0.2) is 5.78 Å². The Morgan fingerprint density at radius 3 is 2.26 bits per heavy atom. The molecule has 3 rings (SSSR count). The Balaban J connectivity index is 1.71. The van der Waals surface area contributed by atoms with Crippen molar-refractivity contribution in [2.75, 3.05) is 19.0 Å². The minimum absolute atomic E-state index is 0.0738. The van der Waals surface area contributed by atoms with Crippen LogP contribution in [0, 0.1) is 0 Å². The molecule has 0 heterocycles. The van der Waals surface area contributed by atoms with E-state index in [0.29, 0.717) is 17.9 Å². The standard InChI is InChI=1S/C24H23NO2/c1-25(2)21-15-12-19(13-16-21)14-17-23(26)22-10-6-7-11-24(22)27-18-20-8-4-3-5-9-20/h3-17H,18H2,1-2H3/b17-14-. The minimum atomic E-state index is -0.0738. The van der Waals surface area contributed by atoms with E-state index in [9.17, 15) is 4.79 Å². The number of anilines is 1. The van der Waals surface area contributed by atoms with E-state index in [1.807, 2.05) is 97.9 Å². The van der Waals surface area contributed by atoms with E-state index in [4.69, 9.17) is 4.74 Å². The number of hydrogen-bond acceptors (Lipinski definition) is 3. The van der Waals surface area contributed by atoms with Crippen LogP contribution in [0.4, 0.5) is 5.69 Å². The summed E-state index contributed by atoms with van der Waals surface area (Å²) in [5.74, 6) is 0.523. The number of ketones is 1. The van der Waals surface area contributed by atoms with Crippen LogP contribution in [-0.2, 0) is 6.61 Å². The predicted octanol–water partition coefficient (Wildman–Crippen LogP) is 5.23. The van der Waals surface area contributed by atoms with Crippen LogP contribution in [0.15, 0.2) is 84.9 Å². The van der Waals surface area contributed by atoms with Gasteiger partial charge in [-0.05, 0) is 41.5 Å². The first-order valence-electron chi connectivity index (χ1n) is 8.89. The van der Waals surface area contributed by atoms with Gasteiger partial charge in [0.1, 0.15) is 12.4 Å². The molecule has 0 aliphatic rings. The van der Waals surface area contributed by atoms with Crippen molar-refractivity contribution >= 4 is 17.5 Å². The molecule has 3 aromatic carbocycles. The molecule has 0 bridgehead atoms. The van der Waals surface area contributed by atoms with Gasteiger partial charge < -0.3 is 9.64 Å². The molecule has 0 radical (unpaired) electrons. The summed E-state index contributed by atoms with van der Waals surface area (Å²) in [6.45, 7) is 0.431. The highest BCUT2D eigenvalue weighted by Gasteiger charge is 2.09. The Labute approximate surface area is 160 Å². The summed E-state index contributed by atoms with van der Waals surface area (Å²) in [7, 11) is 4.00. The number of ether oxygens (including phenoxy) is 1. The molecule has 3 aromatic rings. The molecule has 0 aliphatic carbocycles. The third-order valence-electron chi connectivity index (χ3n) is 4.23. The van der Waals surface area contributed by atoms with E-state index in [-0.39, 0.29) is 5.78 Å². The van der Waals surface area contributed by atoms with E-state index < -0.39 is 0 Å². The van der Waals surface area contributed by atoms with Crippen molar-refractivity contribution in [2.45, 2.75) is 6.61 Å². The van der Waals surface area contributed by atoms with E-state index in [1.165, 1.54) is 0 Å². The Bertz CT molecular complexity index is 913. The quantitative estimate of drug-likeness (QED) is 0.428. The molecule has 0 saturated carbocycles. The second-order valence-electron chi connectivity index (χ2n) is 6.45. The van der Waals surface area contributed by atoms with E-state index in [1.54, 1.807) is 12.1 Å². The summed E-state index contributed by atoms with van der Waals surface area (Å²) in [5.41, 5.74) is 3.74. The van der Waals surface area contributed by atoms with Gasteiger partial charge in [0.2, 0.25) is 0 Å². The van der Waals surface area contributed by atoms with Gasteiger partial charge >= 0.3 is 0 Å². The summed E-state index contributed by atoms with van der Waals surface area (Å²) in [5, 5.41) is 0. The van der Waals surface area contributed by atoms with Crippen LogP contribution >= 0.6 is 0 Å². The van der Waals surface area contributed by atoms with Crippen molar-refractivity contribution in [1.29, 1.82) is 0 Å². The molecular formula is C24H23NO2. The van der Waals surface area contributed by atoms with Gasteiger partial charge in [0, 0.05) is 19.8 Å². The first kappa shape index (κ1) is 18.5. The maximum absolute atomic E-state index is 12.7. The summed E-state index contributed by atoms with van der Waals surface area (Å²) in [6, 6.07) is 25.3. The van der Waals surface area contributed by atoms with Crippen molar-refractivity contribution in [3.05, 3.63) is 102 Å². The van der Waals surface area contributed by atoms with Crippen molar-refractivity contribution in [3.63, 3.8) is 0 Å². The topological polar surface area (TPSA) is 29.5 Å². The highest BCUT2D eigenvalue weighted by atomic mass is 16.5. The average Bonchev–Trinajstić information content (AvgIpc) is 2.71. The van der Waals surface area contributed by atoms with Crippen molar-refractivity contribution in [2.24, 2.45) is 0 Å². The zero-order valence-electron chi connectivity index (χ0n) is 15.6. The van der Waals surface area contributed by atoms with Crippen molar-refractivity contribution in [1.82, 2.24) is 0 Å². The fourth-order valence-corrected chi connectivity index (χ4v) is 2.68. The molecule has 0 saturated heterocycles. The normalized spacial score (nSPS) is 10.7. The first-order chi connectivity index (χ1) is 13.1. The number of hydrogen-bond donors (Lipinski definition) is 0. The molecule has 0 unspecified atom stereocenters. The Hall–Kier alpha value is -3.33. The Morgan fingerprint density at radius 1 is 0.889 bits per heavy atom. The number of carbonyl (C=O) groups is 1. The number of rotatable bonds is 7. The van der Waals surface area contributed by atoms with Crippen LogP contribution in [0.5, 0.6) is 5.75 Å². The van der Waals surface area contributed by atoms with Gasteiger partial charge in [-0.2, -0.15) is 0 Å².